The molecule has 16 heteroatoms. The largest absolute Gasteiger partial charge is 0.494 e. The zero-order valence-corrected chi connectivity index (χ0v) is 30.4. The van der Waals surface area contributed by atoms with Crippen LogP contribution in [-0.4, -0.2) is 90.1 Å². The molecule has 2 aliphatic rings. The zero-order chi connectivity index (χ0) is 36.4. The van der Waals surface area contributed by atoms with E-state index in [1.165, 1.54) is 28.6 Å². The minimum Gasteiger partial charge on any atom is -0.494 e. The molecule has 13 nitrogen and oxygen atoms in total. The molecule has 0 bridgehead atoms. The fourth-order valence-corrected chi connectivity index (χ4v) is 8.15. The molecule has 0 spiro atoms. The number of ether oxygens (including phenoxy) is 2. The lowest BCUT2D eigenvalue weighted by atomic mass is 9.96. The number of carbonyl (C=O) groups excluding carboxylic acids is 1. The summed E-state index contributed by atoms with van der Waals surface area (Å²) >= 11 is 13.7. The molecule has 5 aromatic rings. The lowest BCUT2D eigenvalue weighted by molar-refractivity contribution is -0.0511. The third-order valence-electron chi connectivity index (χ3n) is 9.48. The second-order valence-corrected chi connectivity index (χ2v) is 14.9. The number of aromatic nitrogens is 4. The summed E-state index contributed by atoms with van der Waals surface area (Å²) in [6.07, 6.45) is 3.50. The van der Waals surface area contributed by atoms with Crippen LogP contribution in [0.2, 0.25) is 10.0 Å². The molecule has 0 aliphatic carbocycles. The third kappa shape index (κ3) is 7.61. The highest BCUT2D eigenvalue weighted by Gasteiger charge is 2.44. The van der Waals surface area contributed by atoms with Crippen LogP contribution in [-0.2, 0) is 17.7 Å². The number of aliphatic hydroxyl groups excluding tert-OH is 3. The van der Waals surface area contributed by atoms with Gasteiger partial charge in [-0.3, -0.25) is 14.3 Å². The molecule has 4 atom stereocenters. The number of halogens is 2. The maximum absolute atomic E-state index is 13.3. The minimum atomic E-state index is -1.25. The first-order valence-corrected chi connectivity index (χ1v) is 18.7. The second kappa shape index (κ2) is 16.0. The molecule has 3 aromatic heterocycles. The van der Waals surface area contributed by atoms with Crippen molar-refractivity contribution in [2.75, 3.05) is 37.4 Å². The van der Waals surface area contributed by atoms with Gasteiger partial charge >= 0.3 is 0 Å². The summed E-state index contributed by atoms with van der Waals surface area (Å²) in [5.41, 5.74) is 10.2. The fourth-order valence-electron chi connectivity index (χ4n) is 6.69. The molecule has 52 heavy (non-hydrogen) atoms. The second-order valence-electron chi connectivity index (χ2n) is 12.9. The molecule has 0 radical (unpaired) electrons. The molecular formula is C36H39Cl2N7O6S. The van der Waals surface area contributed by atoms with Crippen LogP contribution in [0.4, 0.5) is 16.5 Å². The molecule has 274 valence electrons. The van der Waals surface area contributed by atoms with Crippen LogP contribution in [0.1, 0.15) is 58.3 Å². The highest BCUT2D eigenvalue weighted by atomic mass is 35.5. The van der Waals surface area contributed by atoms with E-state index >= 15 is 0 Å². The van der Waals surface area contributed by atoms with Crippen molar-refractivity contribution in [1.82, 2.24) is 24.4 Å². The predicted molar refractivity (Wildman–Crippen MR) is 200 cm³/mol. The Morgan fingerprint density at radius 2 is 1.85 bits per heavy atom. The van der Waals surface area contributed by atoms with Gasteiger partial charge in [-0.15, -0.1) is 11.3 Å². The number of fused-ring (bicyclic) bond motifs is 2. The van der Waals surface area contributed by atoms with Crippen LogP contribution in [0.5, 0.6) is 5.75 Å². The van der Waals surface area contributed by atoms with Gasteiger partial charge in [0.25, 0.3) is 0 Å². The minimum absolute atomic E-state index is 0.107. The zero-order valence-electron chi connectivity index (χ0n) is 28.1. The number of hydrogen-bond acceptors (Lipinski definition) is 13. The van der Waals surface area contributed by atoms with Gasteiger partial charge in [0.15, 0.2) is 29.0 Å². The Labute approximate surface area is 313 Å². The van der Waals surface area contributed by atoms with Gasteiger partial charge in [-0.05, 0) is 73.8 Å². The summed E-state index contributed by atoms with van der Waals surface area (Å²) in [6.45, 7) is 2.88. The van der Waals surface area contributed by atoms with Gasteiger partial charge in [0.2, 0.25) is 0 Å². The van der Waals surface area contributed by atoms with Crippen LogP contribution in [0.3, 0.4) is 0 Å². The average Bonchev–Trinajstić information content (AvgIpc) is 3.81. The molecule has 7 rings (SSSR count). The van der Waals surface area contributed by atoms with Gasteiger partial charge in [-0.25, -0.2) is 15.0 Å². The monoisotopic (exact) mass is 767 g/mol. The third-order valence-corrected chi connectivity index (χ3v) is 11.3. The van der Waals surface area contributed by atoms with E-state index in [1.807, 2.05) is 24.3 Å². The van der Waals surface area contributed by atoms with Crippen molar-refractivity contribution in [3.63, 3.8) is 0 Å². The van der Waals surface area contributed by atoms with E-state index in [0.29, 0.717) is 49.8 Å². The van der Waals surface area contributed by atoms with Crippen LogP contribution in [0.15, 0.2) is 55.1 Å². The number of nitrogen functional groups attached to an aromatic ring is 1. The Balaban J connectivity index is 0.833. The first kappa shape index (κ1) is 36.5. The SMILES string of the molecule is Nc1sc2c(c1C(=O)c1ccc(Cl)c(Cl)c1)CCN(CCCCCCOc1ccc(Nc3ncnc4c3ncn4[C@@H]3O[C@H](CO)[C@@H](O)[C@H]3O)cc1)C2. The van der Waals surface area contributed by atoms with Crippen LogP contribution in [0, 0.1) is 0 Å². The summed E-state index contributed by atoms with van der Waals surface area (Å²) in [5.74, 6) is 1.13. The summed E-state index contributed by atoms with van der Waals surface area (Å²) in [6, 6.07) is 12.5. The van der Waals surface area contributed by atoms with Gasteiger partial charge in [-0.1, -0.05) is 36.0 Å². The Kier molecular flexibility index (Phi) is 11.2. The number of unbranched alkanes of at least 4 members (excludes halogenated alkanes) is 3. The number of nitrogens with two attached hydrogens (primary N) is 1. The number of nitrogens with zero attached hydrogens (tertiary/aromatic N) is 5. The molecular weight excluding hydrogens is 729 g/mol. The molecule has 5 heterocycles. The number of rotatable bonds is 14. The number of carbonyl (C=O) groups is 1. The molecule has 6 N–H and O–H groups in total. The van der Waals surface area contributed by atoms with Crippen molar-refractivity contribution >= 4 is 68.0 Å². The van der Waals surface area contributed by atoms with E-state index in [9.17, 15) is 20.1 Å². The van der Waals surface area contributed by atoms with Crippen molar-refractivity contribution in [3.8, 4) is 5.75 Å². The normalized spacial score (nSPS) is 20.3. The number of aliphatic hydroxyl groups is 3. The number of thiophene rings is 1. The molecule has 1 saturated heterocycles. The van der Waals surface area contributed by atoms with E-state index in [0.717, 1.165) is 73.6 Å². The summed E-state index contributed by atoms with van der Waals surface area (Å²) < 4.78 is 13.1. The number of hydrogen-bond donors (Lipinski definition) is 5. The van der Waals surface area contributed by atoms with E-state index in [1.54, 1.807) is 18.2 Å². The Morgan fingerprint density at radius 1 is 1.04 bits per heavy atom. The average molecular weight is 769 g/mol. The number of anilines is 3. The van der Waals surface area contributed by atoms with Crippen molar-refractivity contribution < 1.29 is 29.6 Å². The summed E-state index contributed by atoms with van der Waals surface area (Å²) in [4.78, 5) is 29.9. The van der Waals surface area contributed by atoms with Gasteiger partial charge in [0.05, 0.1) is 40.2 Å². The van der Waals surface area contributed by atoms with Gasteiger partial charge in [-0.2, -0.15) is 0 Å². The Morgan fingerprint density at radius 3 is 2.62 bits per heavy atom. The van der Waals surface area contributed by atoms with Crippen molar-refractivity contribution in [2.45, 2.75) is 63.2 Å². The molecule has 2 aromatic carbocycles. The maximum atomic E-state index is 13.3. The predicted octanol–water partition coefficient (Wildman–Crippen LogP) is 5.36. The Bertz CT molecular complexity index is 2040. The van der Waals surface area contributed by atoms with Gasteiger partial charge < -0.3 is 35.8 Å². The molecule has 1 fully saturated rings. The quantitative estimate of drug-likeness (QED) is 0.0722. The first-order chi connectivity index (χ1) is 25.2. The topological polar surface area (TPSA) is 181 Å². The van der Waals surface area contributed by atoms with E-state index in [-0.39, 0.29) is 5.78 Å². The standard InChI is InChI=1S/C36H39Cl2N7O6S/c37-24-10-5-20(15-25(24)38)30(47)28-23-11-13-44(16-27(23)52-33(28)39)12-3-1-2-4-14-50-22-8-6-21(7-9-22)43-34-29-35(41-18-40-34)45(19-42-29)36-32(49)31(48)26(17-46)51-36/h5-10,15,18-19,26,31-32,36,46,48-49H,1-4,11-14,16-17,39H2,(H,40,41,43)/t26-,31-,32-,36-/m1/s1. The number of benzene rings is 2. The van der Waals surface area contributed by atoms with E-state index < -0.39 is 31.1 Å². The van der Waals surface area contributed by atoms with Crippen molar-refractivity contribution in [1.29, 1.82) is 0 Å². The van der Waals surface area contributed by atoms with Gasteiger partial charge in [0.1, 0.15) is 30.4 Å². The fraction of sp³-hybridized carbons (Fsp3) is 0.389. The van der Waals surface area contributed by atoms with Crippen LogP contribution in [0.25, 0.3) is 11.2 Å². The van der Waals surface area contributed by atoms with Crippen LogP contribution >= 0.6 is 34.5 Å². The molecule has 0 amide bonds. The summed E-state index contributed by atoms with van der Waals surface area (Å²) in [7, 11) is 0. The molecule has 0 unspecified atom stereocenters. The smallest absolute Gasteiger partial charge is 0.196 e. The molecule has 0 saturated carbocycles. The van der Waals surface area contributed by atoms with E-state index in [2.05, 4.69) is 25.2 Å². The number of nitrogens with one attached hydrogen (secondary N) is 1. The first-order valence-electron chi connectivity index (χ1n) is 17.1. The summed E-state index contributed by atoms with van der Waals surface area (Å²) in [5, 5.41) is 34.6. The van der Waals surface area contributed by atoms with Crippen LogP contribution < -0.4 is 15.8 Å². The van der Waals surface area contributed by atoms with Gasteiger partial charge in [0, 0.05) is 29.2 Å². The number of imidazole rings is 1. The van der Waals surface area contributed by atoms with Crippen molar-refractivity contribution in [2.24, 2.45) is 0 Å². The lowest BCUT2D eigenvalue weighted by Crippen LogP contribution is -2.33. The highest BCUT2D eigenvalue weighted by molar-refractivity contribution is 7.16. The highest BCUT2D eigenvalue weighted by Crippen LogP contribution is 2.38. The maximum Gasteiger partial charge on any atom is 0.196 e. The Hall–Kier alpha value is -3.86. The van der Waals surface area contributed by atoms with E-state index in [4.69, 9.17) is 38.4 Å². The molecule has 2 aliphatic heterocycles. The lowest BCUT2D eigenvalue weighted by Gasteiger charge is -2.27. The number of ketones is 1. The van der Waals surface area contributed by atoms with Crippen molar-refractivity contribution in [3.05, 3.63) is 86.7 Å².